The summed E-state index contributed by atoms with van der Waals surface area (Å²) in [6, 6.07) is 1.39. The first-order valence-electron chi connectivity index (χ1n) is 7.43. The quantitative estimate of drug-likeness (QED) is 0.745. The zero-order valence-electron chi connectivity index (χ0n) is 11.2. The van der Waals surface area contributed by atoms with E-state index in [-0.39, 0.29) is 0 Å². The van der Waals surface area contributed by atoms with E-state index < -0.39 is 0 Å². The average molecular weight is 240 g/mol. The highest BCUT2D eigenvalue weighted by Gasteiger charge is 2.17. The molecule has 0 radical (unpaired) electrons. The van der Waals surface area contributed by atoms with Crippen molar-refractivity contribution in [3.05, 3.63) is 0 Å². The molecule has 0 aliphatic carbocycles. The molecule has 0 aromatic rings. The topological polar surface area (TPSA) is 33.3 Å². The molecule has 2 N–H and O–H groups in total. The Bertz CT molecular complexity index is 198. The monoisotopic (exact) mass is 240 g/mol. The van der Waals surface area contributed by atoms with E-state index in [9.17, 15) is 0 Å². The molecule has 3 nitrogen and oxygen atoms in total. The van der Waals surface area contributed by atoms with E-state index in [2.05, 4.69) is 17.6 Å². The summed E-state index contributed by atoms with van der Waals surface area (Å²) >= 11 is 0. The van der Waals surface area contributed by atoms with E-state index >= 15 is 0 Å². The van der Waals surface area contributed by atoms with Gasteiger partial charge in [0.25, 0.3) is 0 Å². The van der Waals surface area contributed by atoms with Crippen molar-refractivity contribution < 1.29 is 4.74 Å². The second-order valence-electron chi connectivity index (χ2n) is 5.66. The standard InChI is InChI=1S/C14H28N2O/c1-12(11-13-5-4-8-16-13)15-9-7-14-6-2-3-10-17-14/h12-16H,2-11H2,1H3. The molecule has 0 aromatic heterocycles. The molecule has 0 spiro atoms. The number of hydrogen-bond donors (Lipinski definition) is 2. The molecule has 3 atom stereocenters. The van der Waals surface area contributed by atoms with E-state index in [0.29, 0.717) is 12.1 Å². The predicted octanol–water partition coefficient (Wildman–Crippen LogP) is 2.07. The van der Waals surface area contributed by atoms with Crippen LogP contribution in [0, 0.1) is 0 Å². The summed E-state index contributed by atoms with van der Waals surface area (Å²) in [5.74, 6) is 0. The van der Waals surface area contributed by atoms with Gasteiger partial charge in [0.2, 0.25) is 0 Å². The summed E-state index contributed by atoms with van der Waals surface area (Å²) in [5, 5.41) is 7.20. The van der Waals surface area contributed by atoms with Gasteiger partial charge >= 0.3 is 0 Å². The molecule has 0 bridgehead atoms. The highest BCUT2D eigenvalue weighted by molar-refractivity contribution is 4.78. The van der Waals surface area contributed by atoms with Gasteiger partial charge in [-0.15, -0.1) is 0 Å². The maximum Gasteiger partial charge on any atom is 0.0587 e. The van der Waals surface area contributed by atoms with Crippen LogP contribution in [0.1, 0.15) is 51.9 Å². The Balaban J connectivity index is 1.51. The molecule has 17 heavy (non-hydrogen) atoms. The lowest BCUT2D eigenvalue weighted by atomic mass is 10.0. The SMILES string of the molecule is CC(CC1CCCN1)NCCC1CCCCO1. The normalized spacial score (nSPS) is 31.6. The van der Waals surface area contributed by atoms with Gasteiger partial charge in [-0.3, -0.25) is 0 Å². The smallest absolute Gasteiger partial charge is 0.0587 e. The van der Waals surface area contributed by atoms with Crippen molar-refractivity contribution in [3.8, 4) is 0 Å². The van der Waals surface area contributed by atoms with Gasteiger partial charge in [-0.05, 0) is 65.0 Å². The molecule has 2 rings (SSSR count). The molecule has 2 saturated heterocycles. The third kappa shape index (κ3) is 4.94. The fourth-order valence-corrected chi connectivity index (χ4v) is 2.99. The summed E-state index contributed by atoms with van der Waals surface area (Å²) in [6.07, 6.45) is 9.56. The highest BCUT2D eigenvalue weighted by atomic mass is 16.5. The summed E-state index contributed by atoms with van der Waals surface area (Å²) in [5.41, 5.74) is 0. The molecule has 2 aliphatic rings. The summed E-state index contributed by atoms with van der Waals surface area (Å²) in [6.45, 7) is 5.61. The first-order chi connectivity index (χ1) is 8.34. The van der Waals surface area contributed by atoms with Gasteiger partial charge < -0.3 is 15.4 Å². The predicted molar refractivity (Wildman–Crippen MR) is 71.3 cm³/mol. The first-order valence-corrected chi connectivity index (χ1v) is 7.43. The number of ether oxygens (including phenoxy) is 1. The van der Waals surface area contributed by atoms with E-state index in [1.807, 2.05) is 0 Å². The second-order valence-corrected chi connectivity index (χ2v) is 5.66. The summed E-state index contributed by atoms with van der Waals surface area (Å²) in [7, 11) is 0. The minimum absolute atomic E-state index is 0.521. The first kappa shape index (κ1) is 13.3. The van der Waals surface area contributed by atoms with Crippen molar-refractivity contribution >= 4 is 0 Å². The Morgan fingerprint density at radius 3 is 2.94 bits per heavy atom. The van der Waals surface area contributed by atoms with Crippen molar-refractivity contribution in [2.24, 2.45) is 0 Å². The fourth-order valence-electron chi connectivity index (χ4n) is 2.99. The van der Waals surface area contributed by atoms with E-state index in [0.717, 1.165) is 19.2 Å². The molecule has 2 heterocycles. The lowest BCUT2D eigenvalue weighted by Gasteiger charge is -2.24. The van der Waals surface area contributed by atoms with E-state index in [1.54, 1.807) is 0 Å². The van der Waals surface area contributed by atoms with E-state index in [1.165, 1.54) is 51.5 Å². The molecule has 2 aliphatic heterocycles. The third-order valence-electron chi connectivity index (χ3n) is 4.03. The Kier molecular flexibility index (Phi) is 5.75. The van der Waals surface area contributed by atoms with Crippen molar-refractivity contribution in [1.29, 1.82) is 0 Å². The minimum atomic E-state index is 0.521. The van der Waals surface area contributed by atoms with Crippen molar-refractivity contribution in [3.63, 3.8) is 0 Å². The van der Waals surface area contributed by atoms with Gasteiger partial charge in [0, 0.05) is 18.7 Å². The van der Waals surface area contributed by atoms with Crippen molar-refractivity contribution in [2.45, 2.75) is 70.1 Å². The summed E-state index contributed by atoms with van der Waals surface area (Å²) in [4.78, 5) is 0. The number of rotatable bonds is 6. The van der Waals surface area contributed by atoms with Crippen LogP contribution in [-0.2, 0) is 4.74 Å². The molecule has 100 valence electrons. The zero-order chi connectivity index (χ0) is 11.9. The van der Waals surface area contributed by atoms with Gasteiger partial charge in [0.15, 0.2) is 0 Å². The Hall–Kier alpha value is -0.120. The minimum Gasteiger partial charge on any atom is -0.378 e. The fraction of sp³-hybridized carbons (Fsp3) is 1.00. The Morgan fingerprint density at radius 2 is 2.24 bits per heavy atom. The molecule has 3 heteroatoms. The van der Waals surface area contributed by atoms with Gasteiger partial charge in [-0.1, -0.05) is 0 Å². The van der Waals surface area contributed by atoms with Gasteiger partial charge in [-0.2, -0.15) is 0 Å². The van der Waals surface area contributed by atoms with Crippen LogP contribution >= 0.6 is 0 Å². The maximum absolute atomic E-state index is 5.74. The van der Waals surface area contributed by atoms with Crippen LogP contribution in [0.15, 0.2) is 0 Å². The molecular weight excluding hydrogens is 212 g/mol. The van der Waals surface area contributed by atoms with Gasteiger partial charge in [-0.25, -0.2) is 0 Å². The maximum atomic E-state index is 5.74. The van der Waals surface area contributed by atoms with Crippen LogP contribution in [0.2, 0.25) is 0 Å². The van der Waals surface area contributed by atoms with E-state index in [4.69, 9.17) is 4.74 Å². The van der Waals surface area contributed by atoms with Crippen LogP contribution in [0.25, 0.3) is 0 Å². The summed E-state index contributed by atoms with van der Waals surface area (Å²) < 4.78 is 5.74. The molecule has 3 unspecified atom stereocenters. The number of nitrogens with one attached hydrogen (secondary N) is 2. The molecule has 2 fully saturated rings. The molecule has 0 amide bonds. The molecular formula is C14H28N2O. The zero-order valence-corrected chi connectivity index (χ0v) is 11.2. The largest absolute Gasteiger partial charge is 0.378 e. The van der Waals surface area contributed by atoms with Crippen LogP contribution in [0.3, 0.4) is 0 Å². The lowest BCUT2D eigenvalue weighted by Crippen LogP contribution is -2.35. The van der Waals surface area contributed by atoms with Crippen LogP contribution in [0.4, 0.5) is 0 Å². The van der Waals surface area contributed by atoms with Crippen LogP contribution in [-0.4, -0.2) is 37.9 Å². The van der Waals surface area contributed by atoms with Crippen molar-refractivity contribution in [1.82, 2.24) is 10.6 Å². The number of hydrogen-bond acceptors (Lipinski definition) is 3. The van der Waals surface area contributed by atoms with Crippen LogP contribution in [0.5, 0.6) is 0 Å². The highest BCUT2D eigenvalue weighted by Crippen LogP contribution is 2.15. The van der Waals surface area contributed by atoms with Gasteiger partial charge in [0.05, 0.1) is 6.10 Å². The third-order valence-corrected chi connectivity index (χ3v) is 4.03. The molecule has 0 aromatic carbocycles. The molecule has 0 saturated carbocycles. The van der Waals surface area contributed by atoms with Gasteiger partial charge in [0.1, 0.15) is 0 Å². The Labute approximate surface area is 106 Å². The average Bonchev–Trinajstić information content (AvgIpc) is 2.83. The second kappa shape index (κ2) is 7.34. The van der Waals surface area contributed by atoms with Crippen molar-refractivity contribution in [2.75, 3.05) is 19.7 Å². The van der Waals surface area contributed by atoms with Crippen LogP contribution < -0.4 is 10.6 Å². The Morgan fingerprint density at radius 1 is 1.29 bits per heavy atom. The lowest BCUT2D eigenvalue weighted by molar-refractivity contribution is 0.0112.